The number of rotatable bonds is 7. The smallest absolute Gasteiger partial charge is 0.258 e. The summed E-state index contributed by atoms with van der Waals surface area (Å²) in [6, 6.07) is 17.4. The molecule has 0 aliphatic carbocycles. The molecule has 0 radical (unpaired) electrons. The number of piperazine rings is 1. The molecule has 0 bridgehead atoms. The number of thiazole rings is 1. The van der Waals surface area contributed by atoms with Crippen molar-refractivity contribution < 1.29 is 9.50 Å². The Kier molecular flexibility index (Phi) is 7.01. The van der Waals surface area contributed by atoms with Crippen LogP contribution in [0.5, 0.6) is 0 Å². The summed E-state index contributed by atoms with van der Waals surface area (Å²) in [6.45, 7) is 4.48. The molecule has 4 heterocycles. The minimum Gasteiger partial charge on any atom is -0.395 e. The summed E-state index contributed by atoms with van der Waals surface area (Å²) >= 11 is 1.34. The van der Waals surface area contributed by atoms with Crippen LogP contribution < -0.4 is 15.8 Å². The summed E-state index contributed by atoms with van der Waals surface area (Å²) in [5.74, 6) is 0.0633. The van der Waals surface area contributed by atoms with Crippen LogP contribution in [-0.2, 0) is 0 Å². The van der Waals surface area contributed by atoms with Crippen molar-refractivity contribution in [2.45, 2.75) is 0 Å². The predicted molar refractivity (Wildman–Crippen MR) is 151 cm³/mol. The molecule has 0 amide bonds. The summed E-state index contributed by atoms with van der Waals surface area (Å²) < 4.78 is 15.2. The van der Waals surface area contributed by atoms with Crippen LogP contribution in [-0.4, -0.2) is 68.7 Å². The van der Waals surface area contributed by atoms with Gasteiger partial charge in [0.2, 0.25) is 5.95 Å². The topological polar surface area (TPSA) is 98.9 Å². The predicted octanol–water partition coefficient (Wildman–Crippen LogP) is 3.88. The number of aromatic nitrogens is 4. The van der Waals surface area contributed by atoms with Gasteiger partial charge in [-0.25, -0.2) is 19.3 Å². The zero-order valence-electron chi connectivity index (χ0n) is 21.0. The van der Waals surface area contributed by atoms with E-state index in [4.69, 9.17) is 4.98 Å². The van der Waals surface area contributed by atoms with Crippen molar-refractivity contribution in [1.29, 1.82) is 0 Å². The third-order valence-electron chi connectivity index (χ3n) is 6.71. The number of aliphatic hydroxyl groups is 1. The molecular weight excluding hydrogens is 517 g/mol. The van der Waals surface area contributed by atoms with Gasteiger partial charge in [-0.2, -0.15) is 0 Å². The molecule has 9 nitrogen and oxygen atoms in total. The molecule has 5 aromatic rings. The van der Waals surface area contributed by atoms with Crippen LogP contribution in [0.1, 0.15) is 0 Å². The zero-order chi connectivity index (χ0) is 26.8. The van der Waals surface area contributed by atoms with Gasteiger partial charge < -0.3 is 15.3 Å². The number of hydrogen-bond acceptors (Lipinski definition) is 9. The Morgan fingerprint density at radius 2 is 1.77 bits per heavy atom. The number of halogens is 1. The van der Waals surface area contributed by atoms with E-state index in [9.17, 15) is 14.3 Å². The fraction of sp³-hybridized carbons (Fsp3) is 0.214. The Morgan fingerprint density at radius 1 is 0.974 bits per heavy atom. The molecule has 1 aliphatic heterocycles. The highest BCUT2D eigenvalue weighted by molar-refractivity contribution is 7.20. The summed E-state index contributed by atoms with van der Waals surface area (Å²) in [4.78, 5) is 32.2. The lowest BCUT2D eigenvalue weighted by molar-refractivity contribution is 0.189. The van der Waals surface area contributed by atoms with Crippen LogP contribution >= 0.6 is 11.3 Å². The van der Waals surface area contributed by atoms with Crippen molar-refractivity contribution >= 4 is 33.6 Å². The van der Waals surface area contributed by atoms with Crippen molar-refractivity contribution in [3.05, 3.63) is 89.2 Å². The molecule has 3 aromatic heterocycles. The Bertz CT molecular complexity index is 1660. The number of fused-ring (bicyclic) bond motifs is 1. The lowest BCUT2D eigenvalue weighted by atomic mass is 10.1. The average Bonchev–Trinajstić information content (AvgIpc) is 3.36. The van der Waals surface area contributed by atoms with Gasteiger partial charge in [0.1, 0.15) is 5.82 Å². The fourth-order valence-corrected chi connectivity index (χ4v) is 5.87. The van der Waals surface area contributed by atoms with E-state index in [1.54, 1.807) is 24.4 Å². The maximum absolute atomic E-state index is 13.7. The van der Waals surface area contributed by atoms with Gasteiger partial charge in [0.05, 0.1) is 22.9 Å². The van der Waals surface area contributed by atoms with Gasteiger partial charge in [-0.1, -0.05) is 17.4 Å². The first kappa shape index (κ1) is 25.1. The number of nitrogens with zero attached hydrogens (tertiary/aromatic N) is 6. The van der Waals surface area contributed by atoms with Crippen molar-refractivity contribution in [1.82, 2.24) is 24.3 Å². The van der Waals surface area contributed by atoms with Gasteiger partial charge in [0, 0.05) is 68.1 Å². The zero-order valence-corrected chi connectivity index (χ0v) is 21.8. The fourth-order valence-electron chi connectivity index (χ4n) is 4.78. The van der Waals surface area contributed by atoms with Gasteiger partial charge in [0.15, 0.2) is 4.96 Å². The summed E-state index contributed by atoms with van der Waals surface area (Å²) in [6.07, 6.45) is 3.16. The standard InChI is InChI=1S/C28H26FN7O2S/c29-20-6-4-19(5-7-20)25-26(39-28-31-11-9-24(38)36(25)28)23-8-10-30-27(33-23)32-21-2-1-3-22(18-21)35-14-12-34(13-15-35)16-17-37/h1-11,18,37H,12-17H2,(H,30,32,33). The first-order valence-corrected chi connectivity index (χ1v) is 13.5. The first-order valence-electron chi connectivity index (χ1n) is 12.6. The average molecular weight is 544 g/mol. The number of aliphatic hydroxyl groups excluding tert-OH is 1. The summed E-state index contributed by atoms with van der Waals surface area (Å²) in [5.41, 5.74) is 3.66. The Hall–Kier alpha value is -4.19. The second-order valence-corrected chi connectivity index (χ2v) is 10.2. The molecule has 1 saturated heterocycles. The summed E-state index contributed by atoms with van der Waals surface area (Å²) in [5, 5.41) is 12.5. The van der Waals surface area contributed by atoms with Crippen LogP contribution in [0.3, 0.4) is 0 Å². The highest BCUT2D eigenvalue weighted by Crippen LogP contribution is 2.37. The number of nitrogens with one attached hydrogen (secondary N) is 1. The van der Waals surface area contributed by atoms with Gasteiger partial charge in [-0.3, -0.25) is 14.1 Å². The molecule has 2 N–H and O–H groups in total. The van der Waals surface area contributed by atoms with Crippen LogP contribution in [0.2, 0.25) is 0 Å². The van der Waals surface area contributed by atoms with Crippen molar-refractivity contribution in [2.24, 2.45) is 0 Å². The molecular formula is C28H26FN7O2S. The quantitative estimate of drug-likeness (QED) is 0.319. The Labute approximate surface area is 227 Å². The number of hydrogen-bond donors (Lipinski definition) is 2. The molecule has 0 saturated carbocycles. The van der Waals surface area contributed by atoms with Gasteiger partial charge in [-0.15, -0.1) is 0 Å². The van der Waals surface area contributed by atoms with E-state index in [-0.39, 0.29) is 18.0 Å². The molecule has 198 valence electrons. The second-order valence-electron chi connectivity index (χ2n) is 9.18. The van der Waals surface area contributed by atoms with E-state index in [0.29, 0.717) is 34.4 Å². The SMILES string of the molecule is O=c1ccnc2sc(-c3ccnc(Nc4cccc(N5CCN(CCO)CC5)c4)n3)c(-c3ccc(F)cc3)n12. The van der Waals surface area contributed by atoms with Gasteiger partial charge in [-0.05, 0) is 48.5 Å². The van der Waals surface area contributed by atoms with Gasteiger partial charge in [0.25, 0.3) is 5.56 Å². The molecule has 2 aromatic carbocycles. The van der Waals surface area contributed by atoms with Crippen LogP contribution in [0.25, 0.3) is 26.8 Å². The minimum absolute atomic E-state index is 0.179. The second kappa shape index (κ2) is 10.9. The van der Waals surface area contributed by atoms with E-state index < -0.39 is 0 Å². The monoisotopic (exact) mass is 543 g/mol. The lowest BCUT2D eigenvalue weighted by Gasteiger charge is -2.35. The van der Waals surface area contributed by atoms with Crippen molar-refractivity contribution in [3.8, 4) is 21.8 Å². The normalized spacial score (nSPS) is 14.2. The largest absolute Gasteiger partial charge is 0.395 e. The maximum Gasteiger partial charge on any atom is 0.258 e. The van der Waals surface area contributed by atoms with Crippen LogP contribution in [0.15, 0.2) is 77.9 Å². The highest BCUT2D eigenvalue weighted by atomic mass is 32.1. The molecule has 0 unspecified atom stereocenters. The van der Waals surface area contributed by atoms with E-state index in [0.717, 1.165) is 42.4 Å². The van der Waals surface area contributed by atoms with Crippen molar-refractivity contribution in [2.75, 3.05) is 49.5 Å². The van der Waals surface area contributed by atoms with Gasteiger partial charge >= 0.3 is 0 Å². The van der Waals surface area contributed by atoms with E-state index in [2.05, 4.69) is 37.2 Å². The van der Waals surface area contributed by atoms with E-state index in [1.807, 2.05) is 12.1 Å². The number of benzene rings is 2. The molecule has 0 atom stereocenters. The molecule has 39 heavy (non-hydrogen) atoms. The number of anilines is 3. The molecule has 11 heteroatoms. The van der Waals surface area contributed by atoms with Crippen molar-refractivity contribution in [3.63, 3.8) is 0 Å². The van der Waals surface area contributed by atoms with E-state index >= 15 is 0 Å². The summed E-state index contributed by atoms with van der Waals surface area (Å²) in [7, 11) is 0. The maximum atomic E-state index is 13.7. The first-order chi connectivity index (χ1) is 19.1. The molecule has 6 rings (SSSR count). The highest BCUT2D eigenvalue weighted by Gasteiger charge is 2.20. The molecule has 1 fully saturated rings. The number of β-amino-alcohol motifs (C(OH)–C–C–N with tert-alkyl or cyclic N) is 1. The third-order valence-corrected chi connectivity index (χ3v) is 7.78. The Balaban J connectivity index is 1.31. The molecule has 0 spiro atoms. The van der Waals surface area contributed by atoms with Crippen LogP contribution in [0.4, 0.5) is 21.7 Å². The minimum atomic E-state index is -0.354. The van der Waals surface area contributed by atoms with Crippen LogP contribution in [0, 0.1) is 5.82 Å². The third kappa shape index (κ3) is 5.24. The lowest BCUT2D eigenvalue weighted by Crippen LogP contribution is -2.47. The Morgan fingerprint density at radius 3 is 2.56 bits per heavy atom. The molecule has 1 aliphatic rings. The van der Waals surface area contributed by atoms with E-state index in [1.165, 1.54) is 40.1 Å².